The van der Waals surface area contributed by atoms with E-state index in [1.54, 1.807) is 0 Å². The summed E-state index contributed by atoms with van der Waals surface area (Å²) >= 11 is 0. The number of hydrogen-bond acceptors (Lipinski definition) is 4. The van der Waals surface area contributed by atoms with Crippen molar-refractivity contribution in [3.05, 3.63) is 215 Å². The number of aliphatic imine (C=N–C) groups is 2. The molecule has 0 aromatic heterocycles. The van der Waals surface area contributed by atoms with Gasteiger partial charge in [0.2, 0.25) is 0 Å². The van der Waals surface area contributed by atoms with E-state index in [0.29, 0.717) is 18.2 Å². The summed E-state index contributed by atoms with van der Waals surface area (Å²) in [6.07, 6.45) is 1.78. The Morgan fingerprint density at radius 3 is 0.904 bits per heavy atom. The molecule has 2 heterocycles. The molecule has 0 spiro atoms. The second-order valence-corrected chi connectivity index (χ2v) is 12.8. The van der Waals surface area contributed by atoms with Crippen molar-refractivity contribution >= 4 is 11.8 Å². The van der Waals surface area contributed by atoms with Crippen molar-refractivity contribution in [1.29, 1.82) is 0 Å². The Morgan fingerprint density at radius 1 is 0.385 bits per heavy atom. The second-order valence-electron chi connectivity index (χ2n) is 12.8. The van der Waals surface area contributed by atoms with Crippen LogP contribution in [0.3, 0.4) is 0 Å². The molecule has 0 bridgehead atoms. The van der Waals surface area contributed by atoms with E-state index in [0.717, 1.165) is 35.1 Å². The summed E-state index contributed by atoms with van der Waals surface area (Å²) in [4.78, 5) is 10.8. The summed E-state index contributed by atoms with van der Waals surface area (Å²) in [7, 11) is 0. The molecule has 264 valence electrons. The standard InChI is InChI=1S/C45H38N2O2.2BrH.Ni/c1-7-19-34(20-8-1)31-40-44(36-23-11-3-12-24-36,37-25-13-4-14-26-37)48-42(46-40)33-43-47-41(32-35-21-9-2-10-22-35)45(49-43,38-27-15-5-16-28-38)39-29-17-6-18-30-39;;;/h1-30,40-41H,31-33H2;2*1H;/q;;;+2/p-2/t40-,41-;;;/m1.../s1. The summed E-state index contributed by atoms with van der Waals surface area (Å²) in [5.74, 6) is 1.26. The van der Waals surface area contributed by atoms with Crippen LogP contribution in [0.15, 0.2) is 192 Å². The predicted molar refractivity (Wildman–Crippen MR) is 197 cm³/mol. The molecule has 6 aromatic rings. The van der Waals surface area contributed by atoms with E-state index in [9.17, 15) is 0 Å². The van der Waals surface area contributed by atoms with Crippen LogP contribution in [0, 0.1) is 0 Å². The van der Waals surface area contributed by atoms with Gasteiger partial charge in [0, 0.05) is 22.3 Å². The van der Waals surface area contributed by atoms with Gasteiger partial charge in [-0.1, -0.05) is 182 Å². The molecule has 2 aliphatic heterocycles. The number of benzene rings is 6. The van der Waals surface area contributed by atoms with Gasteiger partial charge < -0.3 is 43.4 Å². The van der Waals surface area contributed by atoms with Crippen LogP contribution in [0.25, 0.3) is 0 Å². The largest absolute Gasteiger partial charge is 2.00 e. The molecule has 7 heteroatoms. The van der Waals surface area contributed by atoms with Crippen molar-refractivity contribution in [3.8, 4) is 0 Å². The maximum absolute atomic E-state index is 7.19. The van der Waals surface area contributed by atoms with E-state index < -0.39 is 11.2 Å². The molecule has 2 aliphatic rings. The van der Waals surface area contributed by atoms with Gasteiger partial charge in [-0.15, -0.1) is 0 Å². The summed E-state index contributed by atoms with van der Waals surface area (Å²) in [5, 5.41) is 0. The van der Waals surface area contributed by atoms with Gasteiger partial charge in [-0.2, -0.15) is 0 Å². The minimum atomic E-state index is -0.813. The minimum Gasteiger partial charge on any atom is -1.00 e. The first-order valence-corrected chi connectivity index (χ1v) is 17.1. The molecule has 0 fully saturated rings. The third-order valence-corrected chi connectivity index (χ3v) is 9.75. The third-order valence-electron chi connectivity index (χ3n) is 9.75. The Labute approximate surface area is 337 Å². The van der Waals surface area contributed by atoms with Crippen LogP contribution in [0.5, 0.6) is 0 Å². The van der Waals surface area contributed by atoms with E-state index >= 15 is 0 Å². The number of nitrogens with zero attached hydrogens (tertiary/aromatic N) is 2. The fourth-order valence-electron chi connectivity index (χ4n) is 7.52. The second kappa shape index (κ2) is 17.5. The molecular formula is C45H38Br2N2NiO2. The summed E-state index contributed by atoms with van der Waals surface area (Å²) in [5.41, 5.74) is 5.07. The SMILES string of the molecule is [Br-].[Br-].[Ni+2].c1ccc(C[C@H]2N=C(CC3=N[C@H](Cc4ccccc4)C(c4ccccc4)(c4ccccc4)O3)OC2(c2ccccc2)c2ccccc2)cc1. The molecule has 0 radical (unpaired) electrons. The third kappa shape index (κ3) is 7.59. The normalized spacial score (nSPS) is 17.8. The molecule has 0 saturated heterocycles. The number of hydrogen-bond donors (Lipinski definition) is 0. The van der Waals surface area contributed by atoms with Crippen LogP contribution in [-0.2, 0) is 50.0 Å². The quantitative estimate of drug-likeness (QED) is 0.199. The summed E-state index contributed by atoms with van der Waals surface area (Å²) < 4.78 is 14.4. The number of rotatable bonds is 10. The number of halogens is 2. The van der Waals surface area contributed by atoms with Crippen molar-refractivity contribution in [2.45, 2.75) is 42.5 Å². The average molecular weight is 857 g/mol. The van der Waals surface area contributed by atoms with Gasteiger partial charge in [0.15, 0.2) is 23.0 Å². The van der Waals surface area contributed by atoms with Crippen molar-refractivity contribution < 1.29 is 59.9 Å². The average Bonchev–Trinajstić information content (AvgIpc) is 3.72. The first kappa shape index (κ1) is 38.9. The van der Waals surface area contributed by atoms with Gasteiger partial charge >= 0.3 is 16.5 Å². The Kier molecular flexibility index (Phi) is 13.1. The van der Waals surface area contributed by atoms with Crippen molar-refractivity contribution in [2.75, 3.05) is 0 Å². The molecular weight excluding hydrogens is 819 g/mol. The van der Waals surface area contributed by atoms with Crippen molar-refractivity contribution in [3.63, 3.8) is 0 Å². The van der Waals surface area contributed by atoms with Crippen LogP contribution in [0.1, 0.15) is 39.8 Å². The molecule has 0 amide bonds. The monoisotopic (exact) mass is 854 g/mol. The van der Waals surface area contributed by atoms with Gasteiger partial charge in [-0.05, 0) is 24.0 Å². The zero-order valence-corrected chi connectivity index (χ0v) is 32.5. The minimum absolute atomic E-state index is 0. The summed E-state index contributed by atoms with van der Waals surface area (Å²) in [6.45, 7) is 0. The van der Waals surface area contributed by atoms with Gasteiger partial charge in [0.05, 0.1) is 6.42 Å². The predicted octanol–water partition coefficient (Wildman–Crippen LogP) is 3.35. The van der Waals surface area contributed by atoms with E-state index in [-0.39, 0.29) is 62.5 Å². The first-order chi connectivity index (χ1) is 24.2. The van der Waals surface area contributed by atoms with Crippen LogP contribution in [-0.4, -0.2) is 23.9 Å². The summed E-state index contributed by atoms with van der Waals surface area (Å²) in [6, 6.07) is 62.7. The van der Waals surface area contributed by atoms with E-state index in [2.05, 4.69) is 158 Å². The Balaban J connectivity index is 0.00000174. The van der Waals surface area contributed by atoms with Crippen LogP contribution in [0.4, 0.5) is 0 Å². The van der Waals surface area contributed by atoms with Crippen LogP contribution in [0.2, 0.25) is 0 Å². The first-order valence-electron chi connectivity index (χ1n) is 17.1. The van der Waals surface area contributed by atoms with Crippen LogP contribution < -0.4 is 34.0 Å². The molecule has 2 atom stereocenters. The fourth-order valence-corrected chi connectivity index (χ4v) is 7.52. The van der Waals surface area contributed by atoms with E-state index in [1.807, 2.05) is 24.3 Å². The number of ether oxygens (including phenoxy) is 2. The Morgan fingerprint density at radius 2 is 0.635 bits per heavy atom. The maximum Gasteiger partial charge on any atom is 2.00 e. The topological polar surface area (TPSA) is 43.2 Å². The van der Waals surface area contributed by atoms with Crippen molar-refractivity contribution in [2.24, 2.45) is 9.98 Å². The molecule has 0 aliphatic carbocycles. The van der Waals surface area contributed by atoms with E-state index in [1.165, 1.54) is 11.1 Å². The molecule has 0 N–H and O–H groups in total. The zero-order valence-electron chi connectivity index (χ0n) is 28.4. The smallest absolute Gasteiger partial charge is 1.00 e. The Bertz CT molecular complexity index is 1820. The fraction of sp³-hybridized carbons (Fsp3) is 0.156. The van der Waals surface area contributed by atoms with Gasteiger partial charge in [-0.25, -0.2) is 9.98 Å². The molecule has 8 rings (SSSR count). The Hall–Kier alpha value is -4.29. The van der Waals surface area contributed by atoms with Crippen molar-refractivity contribution in [1.82, 2.24) is 0 Å². The van der Waals surface area contributed by atoms with Crippen LogP contribution >= 0.6 is 0 Å². The molecule has 0 unspecified atom stereocenters. The van der Waals surface area contributed by atoms with Gasteiger partial charge in [-0.3, -0.25) is 0 Å². The molecule has 0 saturated carbocycles. The van der Waals surface area contributed by atoms with E-state index in [4.69, 9.17) is 19.5 Å². The molecule has 6 aromatic carbocycles. The van der Waals surface area contributed by atoms with Gasteiger partial charge in [0.25, 0.3) is 0 Å². The molecule has 52 heavy (non-hydrogen) atoms. The van der Waals surface area contributed by atoms with Gasteiger partial charge in [0.1, 0.15) is 12.1 Å². The zero-order chi connectivity index (χ0) is 32.9. The molecule has 4 nitrogen and oxygen atoms in total. The maximum atomic E-state index is 7.19.